The smallest absolute Gasteiger partial charge is 0.0736 e. The Morgan fingerprint density at radius 3 is 2.44 bits per heavy atom. The first-order valence-electron chi connectivity index (χ1n) is 6.34. The predicted octanol–water partition coefficient (Wildman–Crippen LogP) is 3.27. The van der Waals surface area contributed by atoms with Crippen molar-refractivity contribution >= 4 is 5.69 Å². The molecule has 1 aromatic rings. The molecular formula is C13H23N3. The lowest BCUT2D eigenvalue weighted by atomic mass is 9.86. The molecule has 16 heavy (non-hydrogen) atoms. The van der Waals surface area contributed by atoms with Crippen LogP contribution in [0, 0.1) is 0 Å². The van der Waals surface area contributed by atoms with E-state index in [4.69, 9.17) is 5.73 Å². The number of nitrogen functional groups attached to an aromatic ring is 1. The molecule has 0 saturated heterocycles. The number of rotatable bonds is 1. The van der Waals surface area contributed by atoms with Crippen LogP contribution < -0.4 is 5.73 Å². The number of aromatic nitrogens is 2. The van der Waals surface area contributed by atoms with Gasteiger partial charge in [-0.05, 0) is 33.6 Å². The van der Waals surface area contributed by atoms with Crippen LogP contribution >= 0.6 is 0 Å². The molecular weight excluding hydrogens is 198 g/mol. The highest BCUT2D eigenvalue weighted by Crippen LogP contribution is 2.37. The van der Waals surface area contributed by atoms with Gasteiger partial charge in [0.2, 0.25) is 0 Å². The van der Waals surface area contributed by atoms with Crippen LogP contribution in [0.15, 0.2) is 6.20 Å². The monoisotopic (exact) mass is 221 g/mol. The van der Waals surface area contributed by atoms with Gasteiger partial charge in [-0.15, -0.1) is 0 Å². The SMILES string of the molecule is CC(C)(C)n1ncc(N)c1C1CCCCC1. The van der Waals surface area contributed by atoms with Gasteiger partial charge in [-0.1, -0.05) is 19.3 Å². The quantitative estimate of drug-likeness (QED) is 0.791. The zero-order valence-electron chi connectivity index (χ0n) is 10.7. The molecule has 90 valence electrons. The van der Waals surface area contributed by atoms with Gasteiger partial charge in [-0.25, -0.2) is 0 Å². The second-order valence-corrected chi connectivity index (χ2v) is 5.90. The molecule has 1 heterocycles. The highest BCUT2D eigenvalue weighted by Gasteiger charge is 2.26. The van der Waals surface area contributed by atoms with Crippen LogP contribution in [0.25, 0.3) is 0 Å². The van der Waals surface area contributed by atoms with Gasteiger partial charge in [0.1, 0.15) is 0 Å². The van der Waals surface area contributed by atoms with Crippen LogP contribution in [-0.2, 0) is 5.54 Å². The van der Waals surface area contributed by atoms with E-state index in [-0.39, 0.29) is 5.54 Å². The second-order valence-electron chi connectivity index (χ2n) is 5.90. The van der Waals surface area contributed by atoms with Crippen molar-refractivity contribution in [3.8, 4) is 0 Å². The van der Waals surface area contributed by atoms with Gasteiger partial charge in [0.15, 0.2) is 0 Å². The molecule has 1 saturated carbocycles. The van der Waals surface area contributed by atoms with Crippen molar-refractivity contribution in [1.29, 1.82) is 0 Å². The summed E-state index contributed by atoms with van der Waals surface area (Å²) in [5, 5.41) is 4.45. The van der Waals surface area contributed by atoms with Crippen LogP contribution in [0.5, 0.6) is 0 Å². The molecule has 0 spiro atoms. The Balaban J connectivity index is 2.34. The van der Waals surface area contributed by atoms with Crippen LogP contribution in [0.4, 0.5) is 5.69 Å². The topological polar surface area (TPSA) is 43.8 Å². The Morgan fingerprint density at radius 2 is 1.88 bits per heavy atom. The lowest BCUT2D eigenvalue weighted by Crippen LogP contribution is -2.27. The second kappa shape index (κ2) is 4.11. The van der Waals surface area contributed by atoms with E-state index in [2.05, 4.69) is 30.6 Å². The van der Waals surface area contributed by atoms with E-state index >= 15 is 0 Å². The van der Waals surface area contributed by atoms with Gasteiger partial charge in [-0.3, -0.25) is 4.68 Å². The van der Waals surface area contributed by atoms with E-state index in [1.165, 1.54) is 37.8 Å². The summed E-state index contributed by atoms with van der Waals surface area (Å²) in [5.74, 6) is 0.621. The molecule has 2 N–H and O–H groups in total. The Labute approximate surface area is 98.0 Å². The molecule has 0 radical (unpaired) electrons. The maximum Gasteiger partial charge on any atom is 0.0736 e. The van der Waals surface area contributed by atoms with E-state index in [9.17, 15) is 0 Å². The van der Waals surface area contributed by atoms with Gasteiger partial charge in [0, 0.05) is 5.92 Å². The molecule has 3 heteroatoms. The third-order valence-electron chi connectivity index (χ3n) is 3.46. The van der Waals surface area contributed by atoms with Gasteiger partial charge in [0.05, 0.1) is 23.1 Å². The summed E-state index contributed by atoms with van der Waals surface area (Å²) in [4.78, 5) is 0. The van der Waals surface area contributed by atoms with E-state index in [1.54, 1.807) is 0 Å². The van der Waals surface area contributed by atoms with Crippen molar-refractivity contribution in [1.82, 2.24) is 9.78 Å². The molecule has 0 atom stereocenters. The van der Waals surface area contributed by atoms with Crippen molar-refractivity contribution in [3.05, 3.63) is 11.9 Å². The van der Waals surface area contributed by atoms with Crippen molar-refractivity contribution in [2.75, 3.05) is 5.73 Å². The lowest BCUT2D eigenvalue weighted by molar-refractivity contribution is 0.319. The number of nitrogens with zero attached hydrogens (tertiary/aromatic N) is 2. The van der Waals surface area contributed by atoms with Crippen LogP contribution in [0.1, 0.15) is 64.5 Å². The average Bonchev–Trinajstić information content (AvgIpc) is 2.61. The number of nitrogens with two attached hydrogens (primary N) is 1. The molecule has 0 aliphatic heterocycles. The minimum absolute atomic E-state index is 0.0321. The summed E-state index contributed by atoms with van der Waals surface area (Å²) in [6.07, 6.45) is 8.39. The van der Waals surface area contributed by atoms with Crippen molar-refractivity contribution in [3.63, 3.8) is 0 Å². The molecule has 1 aromatic heterocycles. The zero-order valence-corrected chi connectivity index (χ0v) is 10.7. The summed E-state index contributed by atoms with van der Waals surface area (Å²) in [6, 6.07) is 0. The highest BCUT2D eigenvalue weighted by molar-refractivity contribution is 5.43. The molecule has 0 bridgehead atoms. The minimum atomic E-state index is 0.0321. The molecule has 1 aliphatic rings. The molecule has 0 amide bonds. The van der Waals surface area contributed by atoms with E-state index in [1.807, 2.05) is 6.20 Å². The first-order valence-corrected chi connectivity index (χ1v) is 6.34. The fourth-order valence-corrected chi connectivity index (χ4v) is 2.69. The van der Waals surface area contributed by atoms with Gasteiger partial charge < -0.3 is 5.73 Å². The molecule has 2 rings (SSSR count). The van der Waals surface area contributed by atoms with Crippen LogP contribution in [-0.4, -0.2) is 9.78 Å². The lowest BCUT2D eigenvalue weighted by Gasteiger charge is -2.28. The van der Waals surface area contributed by atoms with Crippen molar-refractivity contribution < 1.29 is 0 Å². The zero-order chi connectivity index (χ0) is 11.8. The maximum absolute atomic E-state index is 6.09. The summed E-state index contributed by atoms with van der Waals surface area (Å²) < 4.78 is 2.12. The standard InChI is InChI=1S/C13H23N3/c1-13(2,3)16-12(11(14)9-15-16)10-7-5-4-6-8-10/h9-10H,4-8,14H2,1-3H3. The van der Waals surface area contributed by atoms with E-state index < -0.39 is 0 Å². The average molecular weight is 221 g/mol. The van der Waals surface area contributed by atoms with E-state index in [0.29, 0.717) is 5.92 Å². The fraction of sp³-hybridized carbons (Fsp3) is 0.769. The Bertz CT molecular complexity index is 354. The molecule has 3 nitrogen and oxygen atoms in total. The molecule has 1 fully saturated rings. The van der Waals surface area contributed by atoms with Crippen molar-refractivity contribution in [2.45, 2.75) is 64.3 Å². The van der Waals surface area contributed by atoms with Gasteiger partial charge in [-0.2, -0.15) is 5.10 Å². The minimum Gasteiger partial charge on any atom is -0.396 e. The largest absolute Gasteiger partial charge is 0.396 e. The van der Waals surface area contributed by atoms with Gasteiger partial charge in [0.25, 0.3) is 0 Å². The fourth-order valence-electron chi connectivity index (χ4n) is 2.69. The van der Waals surface area contributed by atoms with Crippen molar-refractivity contribution in [2.24, 2.45) is 0 Å². The summed E-state index contributed by atoms with van der Waals surface area (Å²) >= 11 is 0. The third-order valence-corrected chi connectivity index (χ3v) is 3.46. The Morgan fingerprint density at radius 1 is 1.25 bits per heavy atom. The summed E-state index contributed by atoms with van der Waals surface area (Å²) in [5.41, 5.74) is 8.26. The van der Waals surface area contributed by atoms with E-state index in [0.717, 1.165) is 5.69 Å². The molecule has 0 aromatic carbocycles. The normalized spacial score (nSPS) is 18.9. The van der Waals surface area contributed by atoms with Crippen LogP contribution in [0.3, 0.4) is 0 Å². The maximum atomic E-state index is 6.09. The number of anilines is 1. The first-order chi connectivity index (χ1) is 7.50. The number of hydrogen-bond donors (Lipinski definition) is 1. The van der Waals surface area contributed by atoms with Gasteiger partial charge >= 0.3 is 0 Å². The predicted molar refractivity (Wildman–Crippen MR) is 67.5 cm³/mol. The highest BCUT2D eigenvalue weighted by atomic mass is 15.3. The summed E-state index contributed by atoms with van der Waals surface area (Å²) in [6.45, 7) is 6.56. The number of hydrogen-bond acceptors (Lipinski definition) is 2. The summed E-state index contributed by atoms with van der Waals surface area (Å²) in [7, 11) is 0. The molecule has 1 aliphatic carbocycles. The third kappa shape index (κ3) is 2.08. The Hall–Kier alpha value is -0.990. The Kier molecular flexibility index (Phi) is 2.96. The first kappa shape index (κ1) is 11.5. The molecule has 0 unspecified atom stereocenters. The van der Waals surface area contributed by atoms with Crippen LogP contribution in [0.2, 0.25) is 0 Å².